The fourth-order valence-electron chi connectivity index (χ4n) is 3.13. The molecule has 1 nitrogen and oxygen atoms in total. The second-order valence-electron chi connectivity index (χ2n) is 9.37. The van der Waals surface area contributed by atoms with Crippen molar-refractivity contribution in [2.75, 3.05) is 0 Å². The lowest BCUT2D eigenvalue weighted by molar-refractivity contribution is 0.481. The third-order valence-corrected chi connectivity index (χ3v) is 9.19. The average molecular weight is 371 g/mol. The van der Waals surface area contributed by atoms with Crippen LogP contribution in [0.4, 0.5) is 0 Å². The molecule has 0 radical (unpaired) electrons. The van der Waals surface area contributed by atoms with Crippen LogP contribution in [0.3, 0.4) is 0 Å². The van der Waals surface area contributed by atoms with E-state index >= 15 is 0 Å². The summed E-state index contributed by atoms with van der Waals surface area (Å²) in [6.07, 6.45) is 0. The molecular weight excluding hydrogens is 336 g/mol. The Morgan fingerprint density at radius 3 is 1.16 bits per heavy atom. The van der Waals surface area contributed by atoms with E-state index < -0.39 is 16.1 Å². The number of aryl methyl sites for hydroxylation is 2. The summed E-state index contributed by atoms with van der Waals surface area (Å²) in [5.41, 5.74) is 5.17. The maximum Gasteiger partial charge on any atom is 0.129 e. The van der Waals surface area contributed by atoms with Gasteiger partial charge in [-0.2, -0.15) is 0 Å². The molecule has 0 aromatic heterocycles. The van der Waals surface area contributed by atoms with Gasteiger partial charge >= 0.3 is 0 Å². The zero-order valence-corrected chi connectivity index (χ0v) is 19.7. The molecule has 0 aliphatic carbocycles. The van der Waals surface area contributed by atoms with Crippen LogP contribution in [-0.2, 0) is 0 Å². The van der Waals surface area contributed by atoms with E-state index in [-0.39, 0.29) is 0 Å². The van der Waals surface area contributed by atoms with Crippen LogP contribution >= 0.6 is 0 Å². The van der Waals surface area contributed by atoms with Crippen molar-refractivity contribution in [3.63, 3.8) is 0 Å². The lowest BCUT2D eigenvalue weighted by Crippen LogP contribution is -2.41. The van der Waals surface area contributed by atoms with Crippen molar-refractivity contribution in [3.8, 4) is 11.5 Å². The van der Waals surface area contributed by atoms with E-state index in [0.717, 1.165) is 11.5 Å². The molecule has 0 spiro atoms. The Bertz CT molecular complexity index is 726. The molecule has 0 aliphatic heterocycles. The zero-order chi connectivity index (χ0) is 19.2. The van der Waals surface area contributed by atoms with Gasteiger partial charge in [-0.05, 0) is 60.3 Å². The first-order valence-electron chi connectivity index (χ1n) is 9.23. The van der Waals surface area contributed by atoms with E-state index in [9.17, 15) is 0 Å². The van der Waals surface area contributed by atoms with E-state index in [0.29, 0.717) is 0 Å². The molecule has 2 aromatic rings. The quantitative estimate of drug-likeness (QED) is 0.618. The first-order chi connectivity index (χ1) is 11.3. The molecule has 0 saturated heterocycles. The van der Waals surface area contributed by atoms with E-state index in [1.807, 2.05) is 0 Å². The van der Waals surface area contributed by atoms with Gasteiger partial charge in [0.05, 0.1) is 16.1 Å². The standard InChI is InChI=1S/C22H34OSi2/c1-15-11-13-19(24(5,6)7)21(17(15)3)23-22-18(4)16(2)12-14-20(22)25(8,9)10/h11-14H,1-10H3. The largest absolute Gasteiger partial charge is 0.457 e. The first-order valence-corrected chi connectivity index (χ1v) is 16.2. The monoisotopic (exact) mass is 370 g/mol. The van der Waals surface area contributed by atoms with Crippen LogP contribution < -0.4 is 15.1 Å². The van der Waals surface area contributed by atoms with Gasteiger partial charge in [-0.3, -0.25) is 0 Å². The molecule has 0 N–H and O–H groups in total. The lowest BCUT2D eigenvalue weighted by atomic mass is 10.1. The Hall–Kier alpha value is -1.33. The molecule has 2 aromatic carbocycles. The summed E-state index contributed by atoms with van der Waals surface area (Å²) < 4.78 is 6.79. The predicted molar refractivity (Wildman–Crippen MR) is 118 cm³/mol. The Morgan fingerprint density at radius 1 is 0.560 bits per heavy atom. The fraction of sp³-hybridized carbons (Fsp3) is 0.455. The molecule has 0 bridgehead atoms. The first kappa shape index (κ1) is 20.0. The van der Waals surface area contributed by atoms with Crippen LogP contribution in [0.1, 0.15) is 22.3 Å². The zero-order valence-electron chi connectivity index (χ0n) is 17.7. The number of hydrogen-bond acceptors (Lipinski definition) is 1. The molecule has 0 saturated carbocycles. The van der Waals surface area contributed by atoms with Crippen LogP contribution in [0.2, 0.25) is 39.3 Å². The van der Waals surface area contributed by atoms with Crippen molar-refractivity contribution < 1.29 is 4.74 Å². The minimum absolute atomic E-state index is 1.10. The van der Waals surface area contributed by atoms with Gasteiger partial charge in [0.1, 0.15) is 11.5 Å². The second-order valence-corrected chi connectivity index (χ2v) is 19.4. The molecule has 3 heteroatoms. The number of hydrogen-bond donors (Lipinski definition) is 0. The van der Waals surface area contributed by atoms with Crippen LogP contribution in [0, 0.1) is 27.7 Å². The SMILES string of the molecule is Cc1ccc([Si](C)(C)C)c(Oc2c([Si](C)(C)C)ccc(C)c2C)c1C. The van der Waals surface area contributed by atoms with Crippen LogP contribution in [0.25, 0.3) is 0 Å². The van der Waals surface area contributed by atoms with Crippen molar-refractivity contribution in [1.29, 1.82) is 0 Å². The normalized spacial score (nSPS) is 12.4. The highest BCUT2D eigenvalue weighted by Crippen LogP contribution is 2.31. The Balaban J connectivity index is 2.73. The number of rotatable bonds is 4. The van der Waals surface area contributed by atoms with Crippen LogP contribution in [0.15, 0.2) is 24.3 Å². The van der Waals surface area contributed by atoms with Gasteiger partial charge in [0.2, 0.25) is 0 Å². The van der Waals surface area contributed by atoms with Gasteiger partial charge in [0.15, 0.2) is 0 Å². The van der Waals surface area contributed by atoms with Gasteiger partial charge in [-0.1, -0.05) is 63.5 Å². The van der Waals surface area contributed by atoms with Gasteiger partial charge < -0.3 is 4.74 Å². The van der Waals surface area contributed by atoms with Gasteiger partial charge in [-0.15, -0.1) is 0 Å². The van der Waals surface area contributed by atoms with E-state index in [4.69, 9.17) is 4.74 Å². The van der Waals surface area contributed by atoms with Gasteiger partial charge in [-0.25, -0.2) is 0 Å². The highest BCUT2D eigenvalue weighted by molar-refractivity contribution is 6.90. The topological polar surface area (TPSA) is 9.23 Å². The summed E-state index contributed by atoms with van der Waals surface area (Å²) in [4.78, 5) is 0. The fourth-order valence-corrected chi connectivity index (χ4v) is 6.13. The smallest absolute Gasteiger partial charge is 0.129 e. The van der Waals surface area contributed by atoms with Gasteiger partial charge in [0, 0.05) is 0 Å². The minimum atomic E-state index is -1.49. The molecule has 136 valence electrons. The Labute approximate surface area is 156 Å². The van der Waals surface area contributed by atoms with Crippen molar-refractivity contribution in [3.05, 3.63) is 46.5 Å². The maximum atomic E-state index is 6.79. The summed E-state index contributed by atoms with van der Waals surface area (Å²) in [5.74, 6) is 2.21. The van der Waals surface area contributed by atoms with E-state index in [2.05, 4.69) is 91.2 Å². The number of ether oxygens (including phenoxy) is 1. The van der Waals surface area contributed by atoms with Gasteiger partial charge in [0.25, 0.3) is 0 Å². The molecule has 25 heavy (non-hydrogen) atoms. The molecular formula is C22H34OSi2. The summed E-state index contributed by atoms with van der Waals surface area (Å²) in [6.45, 7) is 23.1. The molecule has 0 atom stereocenters. The Morgan fingerprint density at radius 2 is 0.880 bits per heavy atom. The van der Waals surface area contributed by atoms with E-state index in [1.165, 1.54) is 32.6 Å². The minimum Gasteiger partial charge on any atom is -0.457 e. The van der Waals surface area contributed by atoms with Crippen molar-refractivity contribution >= 4 is 26.5 Å². The summed E-state index contributed by atoms with van der Waals surface area (Å²) in [7, 11) is -2.99. The van der Waals surface area contributed by atoms with Crippen LogP contribution in [0.5, 0.6) is 11.5 Å². The Kier molecular flexibility index (Phi) is 5.41. The molecule has 0 unspecified atom stereocenters. The second kappa shape index (κ2) is 6.77. The third kappa shape index (κ3) is 4.09. The highest BCUT2D eigenvalue weighted by atomic mass is 28.3. The maximum absolute atomic E-state index is 6.79. The summed E-state index contributed by atoms with van der Waals surface area (Å²) >= 11 is 0. The van der Waals surface area contributed by atoms with E-state index in [1.54, 1.807) is 0 Å². The average Bonchev–Trinajstić information content (AvgIpc) is 2.46. The lowest BCUT2D eigenvalue weighted by Gasteiger charge is -2.28. The van der Waals surface area contributed by atoms with Crippen molar-refractivity contribution in [2.24, 2.45) is 0 Å². The molecule has 0 heterocycles. The molecule has 0 amide bonds. The third-order valence-electron chi connectivity index (χ3n) is 5.17. The molecule has 0 aliphatic rings. The van der Waals surface area contributed by atoms with Crippen molar-refractivity contribution in [1.82, 2.24) is 0 Å². The molecule has 2 rings (SSSR count). The number of benzene rings is 2. The summed E-state index contributed by atoms with van der Waals surface area (Å²) in [5, 5.41) is 2.83. The summed E-state index contributed by atoms with van der Waals surface area (Å²) in [6, 6.07) is 9.09. The molecule has 0 fully saturated rings. The van der Waals surface area contributed by atoms with Crippen molar-refractivity contribution in [2.45, 2.75) is 67.0 Å². The highest BCUT2D eigenvalue weighted by Gasteiger charge is 2.27. The van der Waals surface area contributed by atoms with Crippen LogP contribution in [-0.4, -0.2) is 16.1 Å². The predicted octanol–water partition coefficient (Wildman–Crippen LogP) is 5.80.